The van der Waals surface area contributed by atoms with E-state index in [4.69, 9.17) is 14.7 Å². The van der Waals surface area contributed by atoms with Gasteiger partial charge in [-0.05, 0) is 23.3 Å². The molecule has 1 amide bonds. The summed E-state index contributed by atoms with van der Waals surface area (Å²) in [5.74, 6) is 0.376. The Morgan fingerprint density at radius 1 is 1.23 bits per heavy atom. The van der Waals surface area contributed by atoms with E-state index in [9.17, 15) is 15.0 Å². The largest absolute Gasteiger partial charge is 0.495 e. The third-order valence-electron chi connectivity index (χ3n) is 3.72. The molecule has 0 radical (unpaired) electrons. The smallest absolute Gasteiger partial charge is 0.407 e. The second kappa shape index (κ2) is 9.42. The van der Waals surface area contributed by atoms with Crippen LogP contribution in [0, 0.1) is 11.3 Å². The van der Waals surface area contributed by atoms with Crippen molar-refractivity contribution in [3.05, 3.63) is 65.2 Å². The second-order valence-electron chi connectivity index (χ2n) is 5.53. The fourth-order valence-electron chi connectivity index (χ4n) is 2.29. The number of hydrogen-bond donors (Lipinski definition) is 3. The number of carbonyl (C=O) groups excluding carboxylic acids is 1. The predicted molar refractivity (Wildman–Crippen MR) is 93.3 cm³/mol. The summed E-state index contributed by atoms with van der Waals surface area (Å²) in [4.78, 5) is 11.7. The zero-order chi connectivity index (χ0) is 18.9. The van der Waals surface area contributed by atoms with Gasteiger partial charge in [0.25, 0.3) is 0 Å². The van der Waals surface area contributed by atoms with Crippen molar-refractivity contribution >= 4 is 6.09 Å². The molecule has 0 saturated heterocycles. The van der Waals surface area contributed by atoms with Gasteiger partial charge in [0.1, 0.15) is 30.6 Å². The minimum Gasteiger partial charge on any atom is -0.495 e. The fourth-order valence-corrected chi connectivity index (χ4v) is 2.29. The van der Waals surface area contributed by atoms with Gasteiger partial charge >= 0.3 is 6.09 Å². The van der Waals surface area contributed by atoms with Gasteiger partial charge in [-0.2, -0.15) is 5.26 Å². The highest BCUT2D eigenvalue weighted by molar-refractivity contribution is 5.67. The molecule has 0 aromatic heterocycles. The van der Waals surface area contributed by atoms with Crippen molar-refractivity contribution in [3.8, 4) is 11.8 Å². The van der Waals surface area contributed by atoms with Gasteiger partial charge in [-0.1, -0.05) is 36.4 Å². The Labute approximate surface area is 151 Å². The molecule has 0 heterocycles. The molecule has 0 spiro atoms. The highest BCUT2D eigenvalue weighted by Gasteiger charge is 2.20. The lowest BCUT2D eigenvalue weighted by molar-refractivity contribution is 0.0183. The van der Waals surface area contributed by atoms with E-state index >= 15 is 0 Å². The Bertz CT molecular complexity index is 773. The zero-order valence-electron chi connectivity index (χ0n) is 14.3. The van der Waals surface area contributed by atoms with Gasteiger partial charge in [0.05, 0.1) is 12.7 Å². The number of aliphatic hydroxyl groups excluding tert-OH is 2. The molecule has 2 aromatic carbocycles. The van der Waals surface area contributed by atoms with Crippen LogP contribution >= 0.6 is 0 Å². The molecular weight excluding hydrogens is 336 g/mol. The number of alkyl carbamates (subject to hydrolysis) is 1. The van der Waals surface area contributed by atoms with E-state index in [0.717, 1.165) is 5.56 Å². The summed E-state index contributed by atoms with van der Waals surface area (Å²) in [5.41, 5.74) is 1.42. The summed E-state index contributed by atoms with van der Waals surface area (Å²) < 4.78 is 10.1. The number of ether oxygens (including phenoxy) is 2. The number of aliphatic hydroxyl groups is 2. The normalized spacial score (nSPS) is 12.5. The average molecular weight is 356 g/mol. The number of nitrogens with one attached hydrogen (secondary N) is 1. The number of methoxy groups -OCH3 is 1. The maximum Gasteiger partial charge on any atom is 0.407 e. The lowest BCUT2D eigenvalue weighted by Crippen LogP contribution is -2.35. The van der Waals surface area contributed by atoms with Gasteiger partial charge in [0.15, 0.2) is 0 Å². The molecule has 7 nitrogen and oxygen atoms in total. The molecule has 2 rings (SSSR count). The summed E-state index contributed by atoms with van der Waals surface area (Å²) in [6.45, 7) is -0.0992. The molecule has 2 atom stereocenters. The number of nitriles is 1. The fraction of sp³-hybridized carbons (Fsp3) is 0.263. The first-order chi connectivity index (χ1) is 12.5. The maximum atomic E-state index is 11.7. The monoisotopic (exact) mass is 356 g/mol. The molecule has 7 heteroatoms. The van der Waals surface area contributed by atoms with E-state index in [0.29, 0.717) is 11.3 Å². The number of carbonyl (C=O) groups is 1. The first-order valence-corrected chi connectivity index (χ1v) is 7.94. The highest BCUT2D eigenvalue weighted by Crippen LogP contribution is 2.24. The minimum absolute atomic E-state index is 0.106. The van der Waals surface area contributed by atoms with Crippen molar-refractivity contribution in [1.29, 1.82) is 5.26 Å². The summed E-state index contributed by atoms with van der Waals surface area (Å²) in [7, 11) is 1.44. The third kappa shape index (κ3) is 5.21. The lowest BCUT2D eigenvalue weighted by Gasteiger charge is -2.19. The number of hydrogen-bond acceptors (Lipinski definition) is 6. The minimum atomic E-state index is -1.28. The highest BCUT2D eigenvalue weighted by atomic mass is 16.5. The molecule has 2 aromatic rings. The van der Waals surface area contributed by atoms with Crippen LogP contribution in [0.1, 0.15) is 22.8 Å². The van der Waals surface area contributed by atoms with Crippen LogP contribution in [0.15, 0.2) is 48.5 Å². The molecule has 3 N–H and O–H groups in total. The first kappa shape index (κ1) is 19.2. The van der Waals surface area contributed by atoms with Crippen LogP contribution in [0.3, 0.4) is 0 Å². The van der Waals surface area contributed by atoms with Gasteiger partial charge in [0, 0.05) is 6.54 Å². The van der Waals surface area contributed by atoms with E-state index in [1.54, 1.807) is 6.07 Å². The predicted octanol–water partition coefficient (Wildman–Crippen LogP) is 1.89. The maximum absolute atomic E-state index is 11.7. The summed E-state index contributed by atoms with van der Waals surface area (Å²) in [6, 6.07) is 15.6. The number of benzene rings is 2. The number of amides is 1. The molecular formula is C19H20N2O5. The van der Waals surface area contributed by atoms with Crippen molar-refractivity contribution in [2.45, 2.75) is 18.8 Å². The molecule has 0 aliphatic rings. The van der Waals surface area contributed by atoms with Crippen LogP contribution in [0.2, 0.25) is 0 Å². The second-order valence-corrected chi connectivity index (χ2v) is 5.53. The van der Waals surface area contributed by atoms with E-state index in [-0.39, 0.29) is 18.7 Å². The molecule has 0 aliphatic carbocycles. The van der Waals surface area contributed by atoms with Crippen LogP contribution < -0.4 is 10.1 Å². The number of nitrogens with zero attached hydrogens (tertiary/aromatic N) is 1. The summed E-state index contributed by atoms with van der Waals surface area (Å²) in [6.07, 6.45) is -3.24. The molecule has 0 aliphatic heterocycles. The van der Waals surface area contributed by atoms with Gasteiger partial charge in [0.2, 0.25) is 0 Å². The Morgan fingerprint density at radius 2 is 1.96 bits per heavy atom. The molecule has 0 bridgehead atoms. The topological polar surface area (TPSA) is 112 Å². The standard InChI is InChI=1S/C19H20N2O5/c1-25-17-8-7-14(9-15(17)10-20)18(23)16(22)11-21-19(24)26-12-13-5-3-2-4-6-13/h2-9,16,18,22-23H,11-12H2,1H3,(H,21,24). The van der Waals surface area contributed by atoms with Crippen LogP contribution in [-0.4, -0.2) is 36.1 Å². The van der Waals surface area contributed by atoms with Gasteiger partial charge in [-0.25, -0.2) is 4.79 Å². The van der Waals surface area contributed by atoms with Gasteiger partial charge < -0.3 is 25.0 Å². The van der Waals surface area contributed by atoms with E-state index in [2.05, 4.69) is 5.32 Å². The molecule has 136 valence electrons. The first-order valence-electron chi connectivity index (χ1n) is 7.94. The number of rotatable bonds is 7. The Kier molecular flexibility index (Phi) is 6.97. The molecule has 0 fully saturated rings. The van der Waals surface area contributed by atoms with E-state index < -0.39 is 18.3 Å². The van der Waals surface area contributed by atoms with E-state index in [1.165, 1.54) is 19.2 Å². The van der Waals surface area contributed by atoms with Crippen LogP contribution in [0.5, 0.6) is 5.75 Å². The molecule has 0 saturated carbocycles. The SMILES string of the molecule is COc1ccc(C(O)C(O)CNC(=O)OCc2ccccc2)cc1C#N. The van der Waals surface area contributed by atoms with Crippen molar-refractivity contribution in [1.82, 2.24) is 5.32 Å². The van der Waals surface area contributed by atoms with Crippen molar-refractivity contribution < 1.29 is 24.5 Å². The average Bonchev–Trinajstić information content (AvgIpc) is 2.70. The van der Waals surface area contributed by atoms with Gasteiger partial charge in [-0.15, -0.1) is 0 Å². The van der Waals surface area contributed by atoms with Crippen LogP contribution in [0.4, 0.5) is 4.79 Å². The summed E-state index contributed by atoms with van der Waals surface area (Å²) in [5, 5.41) is 31.7. The van der Waals surface area contributed by atoms with Crippen molar-refractivity contribution in [2.24, 2.45) is 0 Å². The van der Waals surface area contributed by atoms with Crippen LogP contribution in [-0.2, 0) is 11.3 Å². The van der Waals surface area contributed by atoms with Crippen LogP contribution in [0.25, 0.3) is 0 Å². The van der Waals surface area contributed by atoms with Crippen molar-refractivity contribution in [2.75, 3.05) is 13.7 Å². The molecule has 26 heavy (non-hydrogen) atoms. The Morgan fingerprint density at radius 3 is 2.62 bits per heavy atom. The quantitative estimate of drug-likeness (QED) is 0.698. The molecule has 2 unspecified atom stereocenters. The Hall–Kier alpha value is -3.08. The third-order valence-corrected chi connectivity index (χ3v) is 3.72. The van der Waals surface area contributed by atoms with Gasteiger partial charge in [-0.3, -0.25) is 0 Å². The Balaban J connectivity index is 1.86. The lowest BCUT2D eigenvalue weighted by atomic mass is 10.0. The zero-order valence-corrected chi connectivity index (χ0v) is 14.3. The van der Waals surface area contributed by atoms with Crippen molar-refractivity contribution in [3.63, 3.8) is 0 Å². The summed E-state index contributed by atoms with van der Waals surface area (Å²) >= 11 is 0. The van der Waals surface area contributed by atoms with E-state index in [1.807, 2.05) is 36.4 Å².